The molecule has 8 nitrogen and oxygen atoms in total. The minimum Gasteiger partial charge on any atom is -0.452 e. The number of fused-ring (bicyclic) bond motifs is 2. The molecule has 1 amide bonds. The number of aromatic nitrogens is 4. The van der Waals surface area contributed by atoms with E-state index in [4.69, 9.17) is 15.6 Å². The second-order valence-electron chi connectivity index (χ2n) is 7.34. The van der Waals surface area contributed by atoms with Crippen LogP contribution in [-0.4, -0.2) is 38.2 Å². The SMILES string of the molecule is NC(=O)COC(=O)c1ccc2c(-c3c(-c4ccccn4)nn4c3CCC4)ccnc2c1. The lowest BCUT2D eigenvalue weighted by Crippen LogP contribution is -2.20. The lowest BCUT2D eigenvalue weighted by molar-refractivity contribution is -0.121. The average Bonchev–Trinajstić information content (AvgIpc) is 3.38. The van der Waals surface area contributed by atoms with Crippen LogP contribution >= 0.6 is 0 Å². The van der Waals surface area contributed by atoms with Gasteiger partial charge < -0.3 is 10.5 Å². The number of pyridine rings is 2. The summed E-state index contributed by atoms with van der Waals surface area (Å²) in [6, 6.07) is 12.9. The van der Waals surface area contributed by atoms with Crippen molar-refractivity contribution in [3.8, 4) is 22.5 Å². The van der Waals surface area contributed by atoms with E-state index in [0.717, 1.165) is 47.3 Å². The maximum absolute atomic E-state index is 12.2. The van der Waals surface area contributed by atoms with Crippen LogP contribution in [0.2, 0.25) is 0 Å². The predicted molar refractivity (Wildman–Crippen MR) is 114 cm³/mol. The maximum Gasteiger partial charge on any atom is 0.338 e. The van der Waals surface area contributed by atoms with Gasteiger partial charge in [-0.05, 0) is 48.7 Å². The van der Waals surface area contributed by atoms with Crippen LogP contribution in [0.4, 0.5) is 0 Å². The molecule has 154 valence electrons. The van der Waals surface area contributed by atoms with Crippen LogP contribution < -0.4 is 5.73 Å². The van der Waals surface area contributed by atoms with Gasteiger partial charge in [-0.15, -0.1) is 0 Å². The summed E-state index contributed by atoms with van der Waals surface area (Å²) < 4.78 is 6.97. The number of amides is 1. The number of rotatable bonds is 5. The molecule has 1 aliphatic rings. The van der Waals surface area contributed by atoms with E-state index >= 15 is 0 Å². The quantitative estimate of drug-likeness (QED) is 0.504. The highest BCUT2D eigenvalue weighted by Crippen LogP contribution is 2.39. The second kappa shape index (κ2) is 7.64. The first kappa shape index (κ1) is 18.9. The first-order chi connectivity index (χ1) is 15.1. The highest BCUT2D eigenvalue weighted by Gasteiger charge is 2.25. The molecule has 1 aromatic carbocycles. The Morgan fingerprint density at radius 2 is 2.00 bits per heavy atom. The minimum atomic E-state index is -0.702. The number of hydrogen-bond acceptors (Lipinski definition) is 6. The summed E-state index contributed by atoms with van der Waals surface area (Å²) in [4.78, 5) is 32.1. The summed E-state index contributed by atoms with van der Waals surface area (Å²) in [7, 11) is 0. The number of nitrogens with zero attached hydrogens (tertiary/aromatic N) is 4. The van der Waals surface area contributed by atoms with Crippen molar-refractivity contribution < 1.29 is 14.3 Å². The van der Waals surface area contributed by atoms with Crippen LogP contribution in [0.1, 0.15) is 22.5 Å². The third-order valence-electron chi connectivity index (χ3n) is 5.34. The summed E-state index contributed by atoms with van der Waals surface area (Å²) in [5, 5.41) is 5.74. The molecule has 2 N–H and O–H groups in total. The summed E-state index contributed by atoms with van der Waals surface area (Å²) in [5.74, 6) is -1.32. The van der Waals surface area contributed by atoms with Gasteiger partial charge in [-0.2, -0.15) is 5.10 Å². The van der Waals surface area contributed by atoms with Gasteiger partial charge in [0.1, 0.15) is 5.69 Å². The Morgan fingerprint density at radius 1 is 1.10 bits per heavy atom. The molecule has 31 heavy (non-hydrogen) atoms. The van der Waals surface area contributed by atoms with Crippen molar-refractivity contribution in [2.45, 2.75) is 19.4 Å². The van der Waals surface area contributed by atoms with Crippen molar-refractivity contribution in [1.29, 1.82) is 0 Å². The smallest absolute Gasteiger partial charge is 0.338 e. The van der Waals surface area contributed by atoms with Crippen LogP contribution in [0.25, 0.3) is 33.4 Å². The van der Waals surface area contributed by atoms with Gasteiger partial charge in [0.05, 0.1) is 16.8 Å². The molecular formula is C23H19N5O3. The molecule has 4 heterocycles. The maximum atomic E-state index is 12.2. The number of esters is 1. The number of primary amides is 1. The number of hydrogen-bond donors (Lipinski definition) is 1. The standard InChI is InChI=1S/C23H19N5O3/c24-20(29)13-31-23(30)14-6-7-15-16(8-10-26-18(15)12-14)21-19-5-3-11-28(19)27-22(21)17-4-1-2-9-25-17/h1-2,4,6-10,12H,3,5,11,13H2,(H2,24,29). The van der Waals surface area contributed by atoms with Crippen molar-refractivity contribution in [3.05, 3.63) is 66.1 Å². The van der Waals surface area contributed by atoms with Crippen LogP contribution in [0.5, 0.6) is 0 Å². The van der Waals surface area contributed by atoms with Gasteiger partial charge in [0, 0.05) is 35.6 Å². The van der Waals surface area contributed by atoms with Crippen LogP contribution in [0, 0.1) is 0 Å². The molecule has 0 aliphatic carbocycles. The van der Waals surface area contributed by atoms with E-state index < -0.39 is 18.5 Å². The Morgan fingerprint density at radius 3 is 2.81 bits per heavy atom. The van der Waals surface area contributed by atoms with Gasteiger partial charge in [0.2, 0.25) is 0 Å². The molecule has 0 spiro atoms. The van der Waals surface area contributed by atoms with E-state index in [9.17, 15) is 9.59 Å². The zero-order valence-electron chi connectivity index (χ0n) is 16.6. The lowest BCUT2D eigenvalue weighted by Gasteiger charge is -2.10. The molecule has 0 saturated heterocycles. The Kier molecular flexibility index (Phi) is 4.66. The molecule has 5 rings (SSSR count). The van der Waals surface area contributed by atoms with E-state index in [-0.39, 0.29) is 0 Å². The van der Waals surface area contributed by atoms with Gasteiger partial charge in [-0.1, -0.05) is 12.1 Å². The van der Waals surface area contributed by atoms with Crippen molar-refractivity contribution in [1.82, 2.24) is 19.7 Å². The fourth-order valence-electron chi connectivity index (χ4n) is 4.01. The van der Waals surface area contributed by atoms with E-state index in [0.29, 0.717) is 11.1 Å². The van der Waals surface area contributed by atoms with E-state index in [1.807, 2.05) is 30.3 Å². The minimum absolute atomic E-state index is 0.309. The number of aryl methyl sites for hydroxylation is 1. The van der Waals surface area contributed by atoms with Gasteiger partial charge in [0.25, 0.3) is 5.91 Å². The molecule has 0 radical (unpaired) electrons. The average molecular weight is 413 g/mol. The monoisotopic (exact) mass is 413 g/mol. The van der Waals surface area contributed by atoms with E-state index in [1.54, 1.807) is 24.5 Å². The molecular weight excluding hydrogens is 394 g/mol. The molecule has 0 saturated carbocycles. The fraction of sp³-hybridized carbons (Fsp3) is 0.174. The number of nitrogens with two attached hydrogens (primary N) is 1. The van der Waals surface area contributed by atoms with E-state index in [2.05, 4.69) is 14.6 Å². The molecule has 4 aromatic rings. The molecule has 8 heteroatoms. The third kappa shape index (κ3) is 3.42. The van der Waals surface area contributed by atoms with Gasteiger partial charge in [-0.25, -0.2) is 4.79 Å². The molecule has 3 aromatic heterocycles. The Bertz CT molecular complexity index is 1310. The summed E-state index contributed by atoms with van der Waals surface area (Å²) >= 11 is 0. The van der Waals surface area contributed by atoms with Crippen molar-refractivity contribution in [2.75, 3.05) is 6.61 Å². The zero-order valence-corrected chi connectivity index (χ0v) is 16.6. The van der Waals surface area contributed by atoms with Gasteiger partial charge in [-0.3, -0.25) is 19.4 Å². The summed E-state index contributed by atoms with van der Waals surface area (Å²) in [5.41, 5.74) is 10.9. The van der Waals surface area contributed by atoms with Gasteiger partial charge in [0.15, 0.2) is 6.61 Å². The van der Waals surface area contributed by atoms with Crippen molar-refractivity contribution in [3.63, 3.8) is 0 Å². The number of carbonyl (C=O) groups excluding carboxylic acids is 2. The fourth-order valence-corrected chi connectivity index (χ4v) is 4.01. The topological polar surface area (TPSA) is 113 Å². The molecule has 0 fully saturated rings. The van der Waals surface area contributed by atoms with Crippen LogP contribution in [-0.2, 0) is 22.5 Å². The highest BCUT2D eigenvalue weighted by atomic mass is 16.5. The van der Waals surface area contributed by atoms with E-state index in [1.165, 1.54) is 5.69 Å². The Balaban J connectivity index is 1.63. The summed E-state index contributed by atoms with van der Waals surface area (Å²) in [6.45, 7) is 0.425. The second-order valence-corrected chi connectivity index (χ2v) is 7.34. The van der Waals surface area contributed by atoms with Crippen molar-refractivity contribution >= 4 is 22.8 Å². The highest BCUT2D eigenvalue weighted by molar-refractivity contribution is 6.02. The van der Waals surface area contributed by atoms with Gasteiger partial charge >= 0.3 is 5.97 Å². The van der Waals surface area contributed by atoms with Crippen LogP contribution in [0.3, 0.4) is 0 Å². The number of carbonyl (C=O) groups is 2. The van der Waals surface area contributed by atoms with Crippen LogP contribution in [0.15, 0.2) is 54.9 Å². The Hall–Kier alpha value is -4.07. The molecule has 0 bridgehead atoms. The normalized spacial score (nSPS) is 12.6. The van der Waals surface area contributed by atoms with Crippen molar-refractivity contribution in [2.24, 2.45) is 5.73 Å². The molecule has 0 atom stereocenters. The first-order valence-electron chi connectivity index (χ1n) is 9.97. The molecule has 1 aliphatic heterocycles. The number of benzene rings is 1. The zero-order chi connectivity index (χ0) is 21.4. The number of ether oxygens (including phenoxy) is 1. The largest absolute Gasteiger partial charge is 0.452 e. The molecule has 0 unspecified atom stereocenters. The predicted octanol–water partition coefficient (Wildman–Crippen LogP) is 2.75. The summed E-state index contributed by atoms with van der Waals surface area (Å²) in [6.07, 6.45) is 5.48. The third-order valence-corrected chi connectivity index (χ3v) is 5.34. The lowest BCUT2D eigenvalue weighted by atomic mass is 9.96. The Labute approximate surface area is 177 Å². The first-order valence-corrected chi connectivity index (χ1v) is 9.97.